The average molecular weight is 430 g/mol. The van der Waals surface area contributed by atoms with E-state index >= 15 is 0 Å². The van der Waals surface area contributed by atoms with Crippen LogP contribution in [0.3, 0.4) is 0 Å². The standard InChI is InChI=1S/C21H19IO2/c22-21-16(10-11-17-14-23-17)12-20(18-8-4-5-9-19(18)21)24-13-15-6-2-1-3-7-15/h1-9,12,17H,10-11,13-14H2/t17-/m1/s1. The lowest BCUT2D eigenvalue weighted by Crippen LogP contribution is -2.00. The van der Waals surface area contributed by atoms with Crippen molar-refractivity contribution in [3.05, 3.63) is 75.4 Å². The van der Waals surface area contributed by atoms with Gasteiger partial charge in [0.15, 0.2) is 0 Å². The second kappa shape index (κ2) is 7.11. The van der Waals surface area contributed by atoms with Crippen molar-refractivity contribution in [1.29, 1.82) is 0 Å². The molecule has 0 aromatic heterocycles. The van der Waals surface area contributed by atoms with Crippen LogP contribution in [0.2, 0.25) is 0 Å². The summed E-state index contributed by atoms with van der Waals surface area (Å²) >= 11 is 2.47. The molecule has 0 radical (unpaired) electrons. The molecule has 3 aromatic carbocycles. The minimum atomic E-state index is 0.459. The number of benzene rings is 3. The summed E-state index contributed by atoms with van der Waals surface area (Å²) in [6.07, 6.45) is 2.59. The molecule has 1 atom stereocenters. The van der Waals surface area contributed by atoms with Crippen molar-refractivity contribution in [2.24, 2.45) is 0 Å². The quantitative estimate of drug-likeness (QED) is 0.388. The van der Waals surface area contributed by atoms with Gasteiger partial charge in [0.1, 0.15) is 12.4 Å². The van der Waals surface area contributed by atoms with Crippen LogP contribution in [0.25, 0.3) is 10.8 Å². The van der Waals surface area contributed by atoms with Gasteiger partial charge in [-0.3, -0.25) is 0 Å². The third kappa shape index (κ3) is 3.57. The summed E-state index contributed by atoms with van der Waals surface area (Å²) in [5.74, 6) is 0.974. The summed E-state index contributed by atoms with van der Waals surface area (Å²) in [6.45, 7) is 1.51. The Labute approximate surface area is 155 Å². The number of ether oxygens (including phenoxy) is 2. The van der Waals surface area contributed by atoms with E-state index in [0.717, 1.165) is 25.2 Å². The summed E-state index contributed by atoms with van der Waals surface area (Å²) in [5, 5.41) is 2.46. The number of hydrogen-bond acceptors (Lipinski definition) is 2. The Bertz CT molecular complexity index is 841. The van der Waals surface area contributed by atoms with E-state index < -0.39 is 0 Å². The van der Waals surface area contributed by atoms with Crippen molar-refractivity contribution in [1.82, 2.24) is 0 Å². The van der Waals surface area contributed by atoms with Crippen LogP contribution in [-0.4, -0.2) is 12.7 Å². The van der Waals surface area contributed by atoms with Gasteiger partial charge in [0.2, 0.25) is 0 Å². The van der Waals surface area contributed by atoms with Crippen LogP contribution >= 0.6 is 22.6 Å². The normalized spacial score (nSPS) is 16.3. The second-order valence-corrected chi connectivity index (χ2v) is 7.24. The molecule has 0 aliphatic carbocycles. The van der Waals surface area contributed by atoms with Crippen LogP contribution in [0.5, 0.6) is 5.75 Å². The molecule has 0 spiro atoms. The second-order valence-electron chi connectivity index (χ2n) is 6.16. The molecule has 0 amide bonds. The molecular weight excluding hydrogens is 411 g/mol. The van der Waals surface area contributed by atoms with Crippen molar-refractivity contribution in [3.8, 4) is 5.75 Å². The highest BCUT2D eigenvalue weighted by molar-refractivity contribution is 14.1. The van der Waals surface area contributed by atoms with Gasteiger partial charge in [-0.1, -0.05) is 54.6 Å². The van der Waals surface area contributed by atoms with E-state index in [9.17, 15) is 0 Å². The van der Waals surface area contributed by atoms with Crippen molar-refractivity contribution in [3.63, 3.8) is 0 Å². The van der Waals surface area contributed by atoms with Gasteiger partial charge in [-0.15, -0.1) is 0 Å². The van der Waals surface area contributed by atoms with Gasteiger partial charge in [-0.2, -0.15) is 0 Å². The Kier molecular flexibility index (Phi) is 4.72. The van der Waals surface area contributed by atoms with Crippen LogP contribution in [-0.2, 0) is 17.8 Å². The number of rotatable bonds is 6. The van der Waals surface area contributed by atoms with Gasteiger partial charge >= 0.3 is 0 Å². The van der Waals surface area contributed by atoms with Crippen LogP contribution in [0, 0.1) is 3.57 Å². The number of fused-ring (bicyclic) bond motifs is 1. The minimum absolute atomic E-state index is 0.459. The highest BCUT2D eigenvalue weighted by atomic mass is 127. The highest BCUT2D eigenvalue weighted by Crippen LogP contribution is 2.34. The summed E-state index contributed by atoms with van der Waals surface area (Å²) < 4.78 is 12.9. The lowest BCUT2D eigenvalue weighted by molar-refractivity contribution is 0.309. The Hall–Kier alpha value is -1.59. The van der Waals surface area contributed by atoms with Crippen LogP contribution in [0.15, 0.2) is 60.7 Å². The first kappa shape index (κ1) is 15.9. The molecule has 0 unspecified atom stereocenters. The third-order valence-corrected chi connectivity index (χ3v) is 5.67. The summed E-state index contributed by atoms with van der Waals surface area (Å²) in [7, 11) is 0. The van der Waals surface area contributed by atoms with Gasteiger partial charge in [0.05, 0.1) is 12.7 Å². The fraction of sp³-hybridized carbons (Fsp3) is 0.238. The SMILES string of the molecule is Ic1c(CC[C@@H]2CO2)cc(OCc2ccccc2)c2ccccc12. The first-order chi connectivity index (χ1) is 11.8. The maximum atomic E-state index is 6.19. The number of aryl methyl sites for hydroxylation is 1. The molecule has 1 saturated heterocycles. The summed E-state index contributed by atoms with van der Waals surface area (Å²) in [6, 6.07) is 21.0. The van der Waals surface area contributed by atoms with Crippen molar-refractivity contribution in [2.45, 2.75) is 25.6 Å². The Morgan fingerprint density at radius 2 is 1.71 bits per heavy atom. The van der Waals surface area contributed by atoms with Gasteiger partial charge in [0.25, 0.3) is 0 Å². The van der Waals surface area contributed by atoms with Crippen molar-refractivity contribution >= 4 is 33.4 Å². The molecule has 0 N–H and O–H groups in total. The van der Waals surface area contributed by atoms with E-state index in [1.165, 1.54) is 25.5 Å². The minimum Gasteiger partial charge on any atom is -0.488 e. The average Bonchev–Trinajstić information content (AvgIpc) is 3.46. The van der Waals surface area contributed by atoms with Gasteiger partial charge in [-0.05, 0) is 58.0 Å². The predicted molar refractivity (Wildman–Crippen MR) is 106 cm³/mol. The molecule has 3 heteroatoms. The highest BCUT2D eigenvalue weighted by Gasteiger charge is 2.22. The maximum absolute atomic E-state index is 6.19. The Morgan fingerprint density at radius 3 is 2.46 bits per heavy atom. The first-order valence-corrected chi connectivity index (χ1v) is 9.37. The first-order valence-electron chi connectivity index (χ1n) is 8.30. The zero-order valence-corrected chi connectivity index (χ0v) is 15.5. The number of epoxide rings is 1. The zero-order valence-electron chi connectivity index (χ0n) is 13.4. The van der Waals surface area contributed by atoms with E-state index in [1.54, 1.807) is 0 Å². The number of halogens is 1. The molecule has 24 heavy (non-hydrogen) atoms. The van der Waals surface area contributed by atoms with Gasteiger partial charge in [0, 0.05) is 8.96 Å². The van der Waals surface area contributed by atoms with Crippen molar-refractivity contribution < 1.29 is 9.47 Å². The van der Waals surface area contributed by atoms with E-state index in [-0.39, 0.29) is 0 Å². The summed E-state index contributed by atoms with van der Waals surface area (Å²) in [4.78, 5) is 0. The Morgan fingerprint density at radius 1 is 1.00 bits per heavy atom. The third-order valence-electron chi connectivity index (χ3n) is 4.39. The van der Waals surface area contributed by atoms with E-state index in [2.05, 4.69) is 65.1 Å². The molecule has 1 heterocycles. The molecule has 0 saturated carbocycles. The Balaban J connectivity index is 1.65. The lowest BCUT2D eigenvalue weighted by Gasteiger charge is -2.14. The molecule has 1 fully saturated rings. The van der Waals surface area contributed by atoms with Crippen molar-refractivity contribution in [2.75, 3.05) is 6.61 Å². The predicted octanol–water partition coefficient (Wildman–Crippen LogP) is 5.35. The maximum Gasteiger partial charge on any atom is 0.127 e. The molecule has 122 valence electrons. The molecule has 1 aliphatic heterocycles. The van der Waals surface area contributed by atoms with Crippen LogP contribution < -0.4 is 4.74 Å². The molecular formula is C21H19IO2. The lowest BCUT2D eigenvalue weighted by atomic mass is 10.0. The largest absolute Gasteiger partial charge is 0.488 e. The van der Waals surface area contributed by atoms with Gasteiger partial charge < -0.3 is 9.47 Å². The van der Waals surface area contributed by atoms with Gasteiger partial charge in [-0.25, -0.2) is 0 Å². The van der Waals surface area contributed by atoms with E-state index in [0.29, 0.717) is 12.7 Å². The molecule has 1 aliphatic rings. The molecule has 3 aromatic rings. The fourth-order valence-corrected chi connectivity index (χ4v) is 3.85. The fourth-order valence-electron chi connectivity index (χ4n) is 2.95. The smallest absolute Gasteiger partial charge is 0.127 e. The molecule has 0 bridgehead atoms. The topological polar surface area (TPSA) is 21.8 Å². The number of hydrogen-bond donors (Lipinski definition) is 0. The van der Waals surface area contributed by atoms with Crippen LogP contribution in [0.1, 0.15) is 17.5 Å². The zero-order chi connectivity index (χ0) is 16.4. The van der Waals surface area contributed by atoms with Crippen LogP contribution in [0.4, 0.5) is 0 Å². The van der Waals surface area contributed by atoms with E-state index in [1.807, 2.05) is 18.2 Å². The van der Waals surface area contributed by atoms with E-state index in [4.69, 9.17) is 9.47 Å². The molecule has 2 nitrogen and oxygen atoms in total. The monoisotopic (exact) mass is 430 g/mol. The summed E-state index contributed by atoms with van der Waals surface area (Å²) in [5.41, 5.74) is 2.54. The molecule has 4 rings (SSSR count).